The summed E-state index contributed by atoms with van der Waals surface area (Å²) >= 11 is 7.51. The molecule has 25 heavy (non-hydrogen) atoms. The van der Waals surface area contributed by atoms with Gasteiger partial charge in [0, 0.05) is 23.3 Å². The first kappa shape index (κ1) is 15.8. The standard InChI is InChI=1S/C18H11ClFN3OS/c19-14-9-11(20)5-6-12(14)17(24)21-15-4-2-1-3-13(15)16-10-23-7-8-25-18(23)22-16/h1-10H,(H,21,24). The molecule has 0 atom stereocenters. The average Bonchev–Trinajstić information content (AvgIpc) is 3.16. The highest BCUT2D eigenvalue weighted by Crippen LogP contribution is 2.29. The topological polar surface area (TPSA) is 46.4 Å². The molecule has 2 aromatic heterocycles. The number of anilines is 1. The number of imidazole rings is 1. The van der Waals surface area contributed by atoms with Crippen LogP contribution in [-0.2, 0) is 0 Å². The van der Waals surface area contributed by atoms with Crippen LogP contribution in [0, 0.1) is 5.82 Å². The van der Waals surface area contributed by atoms with E-state index in [1.165, 1.54) is 23.5 Å². The van der Waals surface area contributed by atoms with Crippen molar-refractivity contribution in [3.8, 4) is 11.3 Å². The van der Waals surface area contributed by atoms with Crippen LogP contribution in [0.3, 0.4) is 0 Å². The van der Waals surface area contributed by atoms with Crippen molar-refractivity contribution in [2.24, 2.45) is 0 Å². The number of halogens is 2. The number of aromatic nitrogens is 2. The van der Waals surface area contributed by atoms with E-state index in [1.807, 2.05) is 40.4 Å². The summed E-state index contributed by atoms with van der Waals surface area (Å²) in [6.45, 7) is 0. The Labute approximate surface area is 151 Å². The average molecular weight is 372 g/mol. The van der Waals surface area contributed by atoms with E-state index in [9.17, 15) is 9.18 Å². The Morgan fingerprint density at radius 1 is 1.24 bits per heavy atom. The van der Waals surface area contributed by atoms with E-state index in [4.69, 9.17) is 11.6 Å². The predicted octanol–water partition coefficient (Wildman–Crippen LogP) is 5.11. The summed E-state index contributed by atoms with van der Waals surface area (Å²) in [4.78, 5) is 18.0. The molecule has 1 amide bonds. The number of nitrogens with zero attached hydrogens (tertiary/aromatic N) is 2. The van der Waals surface area contributed by atoms with Crippen molar-refractivity contribution < 1.29 is 9.18 Å². The smallest absolute Gasteiger partial charge is 0.257 e. The highest BCUT2D eigenvalue weighted by Gasteiger charge is 2.15. The number of nitrogens with one attached hydrogen (secondary N) is 1. The van der Waals surface area contributed by atoms with Gasteiger partial charge < -0.3 is 5.32 Å². The van der Waals surface area contributed by atoms with Gasteiger partial charge in [-0.2, -0.15) is 0 Å². The highest BCUT2D eigenvalue weighted by atomic mass is 35.5. The first-order valence-electron chi connectivity index (χ1n) is 7.40. The molecule has 4 aromatic rings. The third-order valence-electron chi connectivity index (χ3n) is 3.72. The molecule has 4 rings (SSSR count). The Balaban J connectivity index is 1.69. The molecule has 0 bridgehead atoms. The second kappa shape index (κ2) is 6.31. The molecule has 2 heterocycles. The number of rotatable bonds is 3. The number of hydrogen-bond acceptors (Lipinski definition) is 3. The minimum atomic E-state index is -0.486. The molecule has 2 aromatic carbocycles. The number of amides is 1. The molecular weight excluding hydrogens is 361 g/mol. The minimum Gasteiger partial charge on any atom is -0.321 e. The Bertz CT molecular complexity index is 1060. The maximum absolute atomic E-state index is 13.2. The summed E-state index contributed by atoms with van der Waals surface area (Å²) in [5, 5.41) is 4.85. The van der Waals surface area contributed by atoms with Crippen molar-refractivity contribution in [3.63, 3.8) is 0 Å². The lowest BCUT2D eigenvalue weighted by molar-refractivity contribution is 0.102. The van der Waals surface area contributed by atoms with Crippen LogP contribution >= 0.6 is 22.9 Å². The molecule has 0 spiro atoms. The van der Waals surface area contributed by atoms with Gasteiger partial charge >= 0.3 is 0 Å². The summed E-state index contributed by atoms with van der Waals surface area (Å²) < 4.78 is 15.1. The fraction of sp³-hybridized carbons (Fsp3) is 0. The van der Waals surface area contributed by atoms with Gasteiger partial charge in [0.15, 0.2) is 4.96 Å². The van der Waals surface area contributed by atoms with Gasteiger partial charge in [-0.15, -0.1) is 11.3 Å². The largest absolute Gasteiger partial charge is 0.321 e. The lowest BCUT2D eigenvalue weighted by Crippen LogP contribution is -2.13. The van der Waals surface area contributed by atoms with E-state index in [0.717, 1.165) is 22.3 Å². The SMILES string of the molecule is O=C(Nc1ccccc1-c1cn2ccsc2n1)c1ccc(F)cc1Cl. The van der Waals surface area contributed by atoms with Crippen molar-refractivity contribution in [1.29, 1.82) is 0 Å². The molecule has 0 aliphatic heterocycles. The molecule has 1 N–H and O–H groups in total. The molecule has 0 aliphatic carbocycles. The third kappa shape index (κ3) is 3.01. The van der Waals surface area contributed by atoms with Gasteiger partial charge in [0.1, 0.15) is 5.82 Å². The summed E-state index contributed by atoms with van der Waals surface area (Å²) in [6.07, 6.45) is 3.83. The van der Waals surface area contributed by atoms with Crippen LogP contribution in [0.4, 0.5) is 10.1 Å². The quantitative estimate of drug-likeness (QED) is 0.544. The molecule has 0 radical (unpaired) electrons. The zero-order valence-corrected chi connectivity index (χ0v) is 14.3. The number of para-hydroxylation sites is 1. The number of carbonyl (C=O) groups is 1. The number of hydrogen-bond donors (Lipinski definition) is 1. The number of carbonyl (C=O) groups excluding carboxylic acids is 1. The molecule has 0 fully saturated rings. The summed E-state index contributed by atoms with van der Waals surface area (Å²) in [6, 6.07) is 11.1. The van der Waals surface area contributed by atoms with Crippen LogP contribution in [0.15, 0.2) is 60.2 Å². The summed E-state index contributed by atoms with van der Waals surface area (Å²) in [5.74, 6) is -0.890. The molecule has 7 heteroatoms. The van der Waals surface area contributed by atoms with Crippen LogP contribution in [0.2, 0.25) is 5.02 Å². The van der Waals surface area contributed by atoms with E-state index < -0.39 is 11.7 Å². The van der Waals surface area contributed by atoms with E-state index >= 15 is 0 Å². The number of benzene rings is 2. The number of thiazole rings is 1. The fourth-order valence-electron chi connectivity index (χ4n) is 2.54. The molecule has 0 aliphatic rings. The van der Waals surface area contributed by atoms with Gasteiger partial charge in [0.2, 0.25) is 0 Å². The molecule has 0 unspecified atom stereocenters. The van der Waals surface area contributed by atoms with E-state index in [1.54, 1.807) is 6.07 Å². The van der Waals surface area contributed by atoms with Gasteiger partial charge in [0.25, 0.3) is 5.91 Å². The van der Waals surface area contributed by atoms with Crippen molar-refractivity contribution in [2.45, 2.75) is 0 Å². The Morgan fingerprint density at radius 2 is 2.08 bits per heavy atom. The molecule has 0 saturated heterocycles. The summed E-state index contributed by atoms with van der Waals surface area (Å²) in [7, 11) is 0. The Hall–Kier alpha value is -2.70. The van der Waals surface area contributed by atoms with Crippen LogP contribution in [-0.4, -0.2) is 15.3 Å². The fourth-order valence-corrected chi connectivity index (χ4v) is 3.49. The van der Waals surface area contributed by atoms with Crippen LogP contribution < -0.4 is 5.32 Å². The predicted molar refractivity (Wildman–Crippen MR) is 97.9 cm³/mol. The lowest BCUT2D eigenvalue weighted by Gasteiger charge is -2.10. The zero-order chi connectivity index (χ0) is 17.4. The van der Waals surface area contributed by atoms with Crippen molar-refractivity contribution >= 4 is 39.5 Å². The van der Waals surface area contributed by atoms with Gasteiger partial charge in [-0.05, 0) is 24.3 Å². The molecule has 0 saturated carbocycles. The first-order valence-corrected chi connectivity index (χ1v) is 8.65. The maximum Gasteiger partial charge on any atom is 0.257 e. The number of fused-ring (bicyclic) bond motifs is 1. The summed E-state index contributed by atoms with van der Waals surface area (Å²) in [5.41, 5.74) is 2.38. The Kier molecular flexibility index (Phi) is 3.99. The third-order valence-corrected chi connectivity index (χ3v) is 4.80. The molecule has 124 valence electrons. The first-order chi connectivity index (χ1) is 12.1. The van der Waals surface area contributed by atoms with Gasteiger partial charge in [-0.25, -0.2) is 9.37 Å². The van der Waals surface area contributed by atoms with E-state index in [0.29, 0.717) is 5.69 Å². The lowest BCUT2D eigenvalue weighted by atomic mass is 10.1. The van der Waals surface area contributed by atoms with Crippen molar-refractivity contribution in [3.05, 3.63) is 76.6 Å². The highest BCUT2D eigenvalue weighted by molar-refractivity contribution is 7.15. The van der Waals surface area contributed by atoms with Crippen molar-refractivity contribution in [2.75, 3.05) is 5.32 Å². The van der Waals surface area contributed by atoms with Gasteiger partial charge in [-0.3, -0.25) is 9.20 Å². The monoisotopic (exact) mass is 371 g/mol. The second-order valence-electron chi connectivity index (χ2n) is 5.34. The zero-order valence-electron chi connectivity index (χ0n) is 12.7. The Morgan fingerprint density at radius 3 is 2.88 bits per heavy atom. The van der Waals surface area contributed by atoms with Gasteiger partial charge in [-0.1, -0.05) is 29.8 Å². The van der Waals surface area contributed by atoms with Crippen LogP contribution in [0.1, 0.15) is 10.4 Å². The normalized spacial score (nSPS) is 11.0. The van der Waals surface area contributed by atoms with Crippen LogP contribution in [0.25, 0.3) is 16.2 Å². The molecular formula is C18H11ClFN3OS. The van der Waals surface area contributed by atoms with E-state index in [2.05, 4.69) is 10.3 Å². The van der Waals surface area contributed by atoms with Crippen LogP contribution in [0.5, 0.6) is 0 Å². The maximum atomic E-state index is 13.2. The second-order valence-corrected chi connectivity index (χ2v) is 6.62. The molecule has 4 nitrogen and oxygen atoms in total. The van der Waals surface area contributed by atoms with E-state index in [-0.39, 0.29) is 10.6 Å². The van der Waals surface area contributed by atoms with Gasteiger partial charge in [0.05, 0.1) is 22.0 Å². The van der Waals surface area contributed by atoms with Crippen molar-refractivity contribution in [1.82, 2.24) is 9.38 Å². The minimum absolute atomic E-state index is 0.0671.